The molecule has 0 spiro atoms. The molecule has 7 heteroatoms. The third-order valence-corrected chi connectivity index (χ3v) is 3.80. The SMILES string of the molecule is Cc1noc(C)c1C(C)Nc1nc2c(Br)cccn2n1. The average molecular weight is 336 g/mol. The highest BCUT2D eigenvalue weighted by atomic mass is 79.9. The van der Waals surface area contributed by atoms with Gasteiger partial charge in [0.25, 0.3) is 0 Å². The quantitative estimate of drug-likeness (QED) is 0.795. The molecule has 3 rings (SSSR count). The summed E-state index contributed by atoms with van der Waals surface area (Å²) >= 11 is 3.46. The van der Waals surface area contributed by atoms with E-state index >= 15 is 0 Å². The summed E-state index contributed by atoms with van der Waals surface area (Å²) in [6, 6.07) is 3.87. The van der Waals surface area contributed by atoms with Crippen LogP contribution in [0.1, 0.15) is 30.0 Å². The minimum atomic E-state index is 0.0254. The van der Waals surface area contributed by atoms with Crippen LogP contribution in [-0.4, -0.2) is 19.8 Å². The van der Waals surface area contributed by atoms with Gasteiger partial charge in [0.05, 0.1) is 16.2 Å². The number of nitrogens with zero attached hydrogens (tertiary/aromatic N) is 4. The van der Waals surface area contributed by atoms with E-state index in [1.165, 1.54) is 0 Å². The fourth-order valence-corrected chi connectivity index (χ4v) is 2.73. The molecule has 3 heterocycles. The van der Waals surface area contributed by atoms with Crippen molar-refractivity contribution >= 4 is 27.5 Å². The summed E-state index contributed by atoms with van der Waals surface area (Å²) in [5.41, 5.74) is 2.70. The Morgan fingerprint density at radius 1 is 1.40 bits per heavy atom. The third kappa shape index (κ3) is 2.18. The molecule has 0 saturated heterocycles. The van der Waals surface area contributed by atoms with Gasteiger partial charge < -0.3 is 9.84 Å². The molecule has 20 heavy (non-hydrogen) atoms. The van der Waals surface area contributed by atoms with E-state index in [0.29, 0.717) is 5.95 Å². The van der Waals surface area contributed by atoms with E-state index in [1.54, 1.807) is 4.52 Å². The first kappa shape index (κ1) is 13.1. The normalized spacial score (nSPS) is 12.8. The zero-order chi connectivity index (χ0) is 14.3. The zero-order valence-corrected chi connectivity index (χ0v) is 13.0. The molecule has 3 aromatic heterocycles. The number of hydrogen-bond donors (Lipinski definition) is 1. The first-order valence-corrected chi connectivity index (χ1v) is 7.05. The van der Waals surface area contributed by atoms with E-state index in [-0.39, 0.29) is 6.04 Å². The molecule has 0 saturated carbocycles. The molecule has 1 unspecified atom stereocenters. The summed E-state index contributed by atoms with van der Waals surface area (Å²) < 4.78 is 7.83. The maximum absolute atomic E-state index is 5.19. The van der Waals surface area contributed by atoms with Gasteiger partial charge in [-0.2, -0.15) is 4.98 Å². The van der Waals surface area contributed by atoms with Crippen LogP contribution < -0.4 is 5.32 Å². The predicted octanol–water partition coefficient (Wildman–Crippen LogP) is 3.27. The van der Waals surface area contributed by atoms with Gasteiger partial charge in [0.2, 0.25) is 5.95 Å². The maximum atomic E-state index is 5.19. The van der Waals surface area contributed by atoms with Gasteiger partial charge in [0.15, 0.2) is 5.65 Å². The molecule has 0 aromatic carbocycles. The zero-order valence-electron chi connectivity index (χ0n) is 11.4. The summed E-state index contributed by atoms with van der Waals surface area (Å²) in [5.74, 6) is 1.39. The van der Waals surface area contributed by atoms with Crippen LogP contribution in [0.15, 0.2) is 27.3 Å². The lowest BCUT2D eigenvalue weighted by atomic mass is 10.1. The average Bonchev–Trinajstić information content (AvgIpc) is 2.94. The van der Waals surface area contributed by atoms with Crippen molar-refractivity contribution < 1.29 is 4.52 Å². The second-order valence-corrected chi connectivity index (χ2v) is 5.52. The van der Waals surface area contributed by atoms with Crippen molar-refractivity contribution in [3.63, 3.8) is 0 Å². The van der Waals surface area contributed by atoms with Gasteiger partial charge in [-0.15, -0.1) is 5.10 Å². The van der Waals surface area contributed by atoms with Gasteiger partial charge in [0.1, 0.15) is 5.76 Å². The Morgan fingerprint density at radius 3 is 2.85 bits per heavy atom. The fraction of sp³-hybridized carbons (Fsp3) is 0.308. The highest BCUT2D eigenvalue weighted by Gasteiger charge is 2.18. The van der Waals surface area contributed by atoms with Gasteiger partial charge >= 0.3 is 0 Å². The summed E-state index contributed by atoms with van der Waals surface area (Å²) in [6.07, 6.45) is 1.86. The lowest BCUT2D eigenvalue weighted by Crippen LogP contribution is -2.09. The van der Waals surface area contributed by atoms with Crippen LogP contribution in [0.3, 0.4) is 0 Å². The Morgan fingerprint density at radius 2 is 2.20 bits per heavy atom. The van der Waals surface area contributed by atoms with Crippen molar-refractivity contribution in [1.29, 1.82) is 0 Å². The molecule has 3 aromatic rings. The Hall–Kier alpha value is -1.89. The summed E-state index contributed by atoms with van der Waals surface area (Å²) in [6.45, 7) is 5.87. The molecule has 6 nitrogen and oxygen atoms in total. The van der Waals surface area contributed by atoms with Crippen molar-refractivity contribution in [2.75, 3.05) is 5.32 Å². The molecule has 0 aliphatic heterocycles. The molecule has 0 radical (unpaired) electrons. The molecule has 0 fully saturated rings. The van der Waals surface area contributed by atoms with E-state index < -0.39 is 0 Å². The number of pyridine rings is 1. The van der Waals surface area contributed by atoms with Crippen LogP contribution >= 0.6 is 15.9 Å². The van der Waals surface area contributed by atoms with E-state index in [1.807, 2.05) is 39.1 Å². The Bertz CT molecular complexity index is 744. The minimum Gasteiger partial charge on any atom is -0.361 e. The van der Waals surface area contributed by atoms with E-state index in [0.717, 1.165) is 27.1 Å². The Balaban J connectivity index is 1.91. The number of nitrogens with one attached hydrogen (secondary N) is 1. The van der Waals surface area contributed by atoms with Crippen LogP contribution in [0.4, 0.5) is 5.95 Å². The lowest BCUT2D eigenvalue weighted by molar-refractivity contribution is 0.392. The highest BCUT2D eigenvalue weighted by molar-refractivity contribution is 9.10. The Kier molecular flexibility index (Phi) is 3.21. The minimum absolute atomic E-state index is 0.0254. The maximum Gasteiger partial charge on any atom is 0.243 e. The largest absolute Gasteiger partial charge is 0.361 e. The molecule has 104 valence electrons. The summed E-state index contributed by atoms with van der Waals surface area (Å²) in [4.78, 5) is 4.46. The Labute approximate surface area is 124 Å². The van der Waals surface area contributed by atoms with E-state index in [4.69, 9.17) is 4.52 Å². The van der Waals surface area contributed by atoms with Gasteiger partial charge in [-0.05, 0) is 48.8 Å². The van der Waals surface area contributed by atoms with Crippen LogP contribution in [0.5, 0.6) is 0 Å². The first-order valence-electron chi connectivity index (χ1n) is 6.26. The predicted molar refractivity (Wildman–Crippen MR) is 78.7 cm³/mol. The van der Waals surface area contributed by atoms with Crippen molar-refractivity contribution in [2.45, 2.75) is 26.8 Å². The molecular formula is C13H14BrN5O. The topological polar surface area (TPSA) is 68.2 Å². The number of halogens is 1. The molecule has 0 aliphatic rings. The van der Waals surface area contributed by atoms with Crippen molar-refractivity contribution in [3.05, 3.63) is 39.8 Å². The smallest absolute Gasteiger partial charge is 0.243 e. The van der Waals surface area contributed by atoms with Gasteiger partial charge in [-0.1, -0.05) is 5.16 Å². The second-order valence-electron chi connectivity index (χ2n) is 4.66. The molecule has 0 aliphatic carbocycles. The summed E-state index contributed by atoms with van der Waals surface area (Å²) in [5, 5.41) is 11.6. The molecule has 0 bridgehead atoms. The number of aryl methyl sites for hydroxylation is 2. The van der Waals surface area contributed by atoms with Crippen LogP contribution in [-0.2, 0) is 0 Å². The molecule has 1 atom stereocenters. The second kappa shape index (κ2) is 4.90. The van der Waals surface area contributed by atoms with Crippen molar-refractivity contribution in [3.8, 4) is 0 Å². The lowest BCUT2D eigenvalue weighted by Gasteiger charge is -2.11. The van der Waals surface area contributed by atoms with Crippen LogP contribution in [0, 0.1) is 13.8 Å². The van der Waals surface area contributed by atoms with Gasteiger partial charge in [-0.3, -0.25) is 0 Å². The third-order valence-electron chi connectivity index (χ3n) is 3.18. The van der Waals surface area contributed by atoms with Crippen molar-refractivity contribution in [2.24, 2.45) is 0 Å². The van der Waals surface area contributed by atoms with Crippen LogP contribution in [0.2, 0.25) is 0 Å². The van der Waals surface area contributed by atoms with Crippen molar-refractivity contribution in [1.82, 2.24) is 19.8 Å². The van der Waals surface area contributed by atoms with E-state index in [2.05, 4.69) is 36.5 Å². The molecule has 1 N–H and O–H groups in total. The monoisotopic (exact) mass is 335 g/mol. The number of fused-ring (bicyclic) bond motifs is 1. The summed E-state index contributed by atoms with van der Waals surface area (Å²) in [7, 11) is 0. The highest BCUT2D eigenvalue weighted by Crippen LogP contribution is 2.24. The number of hydrogen-bond acceptors (Lipinski definition) is 5. The van der Waals surface area contributed by atoms with E-state index in [9.17, 15) is 0 Å². The fourth-order valence-electron chi connectivity index (χ4n) is 2.31. The number of anilines is 1. The van der Waals surface area contributed by atoms with Gasteiger partial charge in [-0.25, -0.2) is 4.52 Å². The molecular weight excluding hydrogens is 322 g/mol. The number of aromatic nitrogens is 4. The number of rotatable bonds is 3. The first-order chi connectivity index (χ1) is 9.56. The standard InChI is InChI=1S/C13H14BrN5O/c1-7(11-8(2)18-20-9(11)3)15-13-16-12-10(14)5-4-6-19(12)17-13/h4-7H,1-3H3,(H,15,17). The molecule has 0 amide bonds. The van der Waals surface area contributed by atoms with Gasteiger partial charge in [0, 0.05) is 11.8 Å². The van der Waals surface area contributed by atoms with Crippen LogP contribution in [0.25, 0.3) is 5.65 Å².